The number of urea groups is 1. The first-order valence-electron chi connectivity index (χ1n) is 3.21. The quantitative estimate of drug-likeness (QED) is 0.482. The van der Waals surface area contributed by atoms with Crippen molar-refractivity contribution in [1.82, 2.24) is 5.06 Å². The normalized spacial score (nSPS) is 35.4. The van der Waals surface area contributed by atoms with Crippen LogP contribution in [-0.2, 0) is 4.84 Å². The summed E-state index contributed by atoms with van der Waals surface area (Å²) in [5, 5.41) is 1.23. The van der Waals surface area contributed by atoms with Gasteiger partial charge in [0.05, 0.1) is 6.04 Å². The number of fused-ring (bicyclic) bond motifs is 2. The Morgan fingerprint density at radius 3 is 2.80 bits per heavy atom. The number of carbonyl (C=O) groups is 1. The van der Waals surface area contributed by atoms with E-state index in [2.05, 4.69) is 0 Å². The van der Waals surface area contributed by atoms with Gasteiger partial charge >= 0.3 is 6.03 Å². The van der Waals surface area contributed by atoms with Crippen LogP contribution in [0.25, 0.3) is 0 Å². The SMILES string of the molecule is NC(=O)N1OC2C=CC1C2. The van der Waals surface area contributed by atoms with Gasteiger partial charge in [0.25, 0.3) is 0 Å². The highest BCUT2D eigenvalue weighted by Crippen LogP contribution is 2.28. The Bertz CT molecular complexity index is 202. The van der Waals surface area contributed by atoms with Crippen molar-refractivity contribution < 1.29 is 9.63 Å². The van der Waals surface area contributed by atoms with Crippen LogP contribution in [0.4, 0.5) is 4.79 Å². The molecule has 0 aromatic heterocycles. The van der Waals surface area contributed by atoms with E-state index in [1.54, 1.807) is 0 Å². The summed E-state index contributed by atoms with van der Waals surface area (Å²) in [4.78, 5) is 15.7. The Morgan fingerprint density at radius 1 is 1.70 bits per heavy atom. The second kappa shape index (κ2) is 1.73. The van der Waals surface area contributed by atoms with Crippen LogP contribution in [0.15, 0.2) is 12.2 Å². The Balaban J connectivity index is 2.16. The van der Waals surface area contributed by atoms with Gasteiger partial charge < -0.3 is 5.73 Å². The van der Waals surface area contributed by atoms with Crippen LogP contribution in [0.2, 0.25) is 0 Å². The number of hydrogen-bond donors (Lipinski definition) is 1. The lowest BCUT2D eigenvalue weighted by Crippen LogP contribution is -2.38. The molecule has 0 spiro atoms. The molecule has 0 saturated carbocycles. The van der Waals surface area contributed by atoms with Gasteiger partial charge in [-0.15, -0.1) is 0 Å². The minimum Gasteiger partial charge on any atom is -0.350 e. The van der Waals surface area contributed by atoms with E-state index in [1.165, 1.54) is 5.06 Å². The molecule has 2 unspecified atom stereocenters. The van der Waals surface area contributed by atoms with Crippen molar-refractivity contribution >= 4 is 6.03 Å². The van der Waals surface area contributed by atoms with Crippen LogP contribution < -0.4 is 5.73 Å². The van der Waals surface area contributed by atoms with Gasteiger partial charge in [-0.3, -0.25) is 4.84 Å². The summed E-state index contributed by atoms with van der Waals surface area (Å²) in [5.41, 5.74) is 5.01. The van der Waals surface area contributed by atoms with Crippen LogP contribution >= 0.6 is 0 Å². The first kappa shape index (κ1) is 5.73. The molecule has 0 aromatic rings. The number of hydroxylamine groups is 2. The third-order valence-electron chi connectivity index (χ3n) is 1.79. The number of hydrogen-bond acceptors (Lipinski definition) is 2. The molecule has 1 saturated heterocycles. The topological polar surface area (TPSA) is 55.6 Å². The van der Waals surface area contributed by atoms with E-state index in [1.807, 2.05) is 12.2 Å². The Hall–Kier alpha value is -1.03. The fraction of sp³-hybridized carbons (Fsp3) is 0.500. The largest absolute Gasteiger partial charge is 0.350 e. The van der Waals surface area contributed by atoms with Crippen molar-refractivity contribution in [3.63, 3.8) is 0 Å². The van der Waals surface area contributed by atoms with Gasteiger partial charge in [0.2, 0.25) is 0 Å². The summed E-state index contributed by atoms with van der Waals surface area (Å²) >= 11 is 0. The van der Waals surface area contributed by atoms with Crippen LogP contribution in [0, 0.1) is 0 Å². The molecule has 2 amide bonds. The third kappa shape index (κ3) is 0.623. The summed E-state index contributed by atoms with van der Waals surface area (Å²) in [6.45, 7) is 0. The van der Waals surface area contributed by atoms with E-state index in [9.17, 15) is 4.79 Å². The van der Waals surface area contributed by atoms with E-state index in [0.717, 1.165) is 6.42 Å². The minimum atomic E-state index is -0.503. The van der Waals surface area contributed by atoms with Gasteiger partial charge in [0.1, 0.15) is 6.10 Å². The molecule has 1 heterocycles. The van der Waals surface area contributed by atoms with Crippen molar-refractivity contribution in [3.05, 3.63) is 12.2 Å². The molecule has 2 N–H and O–H groups in total. The van der Waals surface area contributed by atoms with Gasteiger partial charge in [-0.2, -0.15) is 5.06 Å². The summed E-state index contributed by atoms with van der Waals surface area (Å²) in [6.07, 6.45) is 4.84. The van der Waals surface area contributed by atoms with E-state index >= 15 is 0 Å². The average Bonchev–Trinajstić information content (AvgIpc) is 2.44. The maximum Gasteiger partial charge on any atom is 0.339 e. The molecule has 4 nitrogen and oxygen atoms in total. The van der Waals surface area contributed by atoms with Gasteiger partial charge in [0, 0.05) is 6.42 Å². The Kier molecular flexibility index (Phi) is 0.990. The molecule has 2 aliphatic rings. The average molecular weight is 140 g/mol. The first-order chi connectivity index (χ1) is 4.77. The second-order valence-corrected chi connectivity index (χ2v) is 2.50. The molecule has 1 aliphatic heterocycles. The predicted octanol–water partition coefficient (Wildman–Crippen LogP) is 0.00940. The van der Waals surface area contributed by atoms with Crippen LogP contribution in [0.3, 0.4) is 0 Å². The van der Waals surface area contributed by atoms with Crippen molar-refractivity contribution in [2.24, 2.45) is 5.73 Å². The van der Waals surface area contributed by atoms with Crippen molar-refractivity contribution in [2.45, 2.75) is 18.6 Å². The smallest absolute Gasteiger partial charge is 0.339 e. The van der Waals surface area contributed by atoms with Gasteiger partial charge in [-0.1, -0.05) is 12.2 Å². The van der Waals surface area contributed by atoms with Gasteiger partial charge in [-0.25, -0.2) is 4.79 Å². The minimum absolute atomic E-state index is 0.0810. The summed E-state index contributed by atoms with van der Waals surface area (Å²) in [6, 6.07) is -0.417. The molecule has 4 heteroatoms. The highest BCUT2D eigenvalue weighted by atomic mass is 16.7. The molecule has 54 valence electrons. The van der Waals surface area contributed by atoms with E-state index in [4.69, 9.17) is 10.6 Å². The van der Waals surface area contributed by atoms with Crippen molar-refractivity contribution in [2.75, 3.05) is 0 Å². The van der Waals surface area contributed by atoms with Crippen LogP contribution in [0.1, 0.15) is 6.42 Å². The van der Waals surface area contributed by atoms with Crippen molar-refractivity contribution in [1.29, 1.82) is 0 Å². The molecule has 2 atom stereocenters. The first-order valence-corrected chi connectivity index (χ1v) is 3.21. The summed E-state index contributed by atoms with van der Waals surface area (Å²) in [5.74, 6) is 0. The highest BCUT2D eigenvalue weighted by Gasteiger charge is 2.37. The lowest BCUT2D eigenvalue weighted by molar-refractivity contribution is -0.105. The zero-order valence-corrected chi connectivity index (χ0v) is 5.36. The molecule has 10 heavy (non-hydrogen) atoms. The van der Waals surface area contributed by atoms with Gasteiger partial charge in [0.15, 0.2) is 0 Å². The molecular formula is C6H8N2O2. The molecule has 0 radical (unpaired) electrons. The molecule has 1 aliphatic carbocycles. The monoisotopic (exact) mass is 140 g/mol. The molecular weight excluding hydrogens is 132 g/mol. The van der Waals surface area contributed by atoms with E-state index in [0.29, 0.717) is 0 Å². The predicted molar refractivity (Wildman–Crippen MR) is 33.8 cm³/mol. The lowest BCUT2D eigenvalue weighted by Gasteiger charge is -2.19. The standard InChI is InChI=1S/C6H8N2O2/c7-6(9)8-4-1-2-5(3-4)10-8/h1-2,4-5H,3H2,(H2,7,9). The molecule has 2 rings (SSSR count). The van der Waals surface area contributed by atoms with E-state index < -0.39 is 6.03 Å². The van der Waals surface area contributed by atoms with E-state index in [-0.39, 0.29) is 12.1 Å². The summed E-state index contributed by atoms with van der Waals surface area (Å²) in [7, 11) is 0. The molecule has 0 aromatic carbocycles. The maximum absolute atomic E-state index is 10.6. The summed E-state index contributed by atoms with van der Waals surface area (Å²) < 4.78 is 0. The zero-order chi connectivity index (χ0) is 7.14. The number of amides is 2. The van der Waals surface area contributed by atoms with Crippen LogP contribution in [-0.4, -0.2) is 23.2 Å². The fourth-order valence-electron chi connectivity index (χ4n) is 1.34. The zero-order valence-electron chi connectivity index (χ0n) is 5.36. The maximum atomic E-state index is 10.6. The number of carbonyl (C=O) groups excluding carboxylic acids is 1. The Morgan fingerprint density at radius 2 is 2.50 bits per heavy atom. The number of nitrogens with zero attached hydrogens (tertiary/aromatic N) is 1. The van der Waals surface area contributed by atoms with Gasteiger partial charge in [-0.05, 0) is 0 Å². The fourth-order valence-corrected chi connectivity index (χ4v) is 1.34. The lowest BCUT2D eigenvalue weighted by atomic mass is 10.3. The van der Waals surface area contributed by atoms with Crippen LogP contribution in [0.5, 0.6) is 0 Å². The molecule has 2 bridgehead atoms. The van der Waals surface area contributed by atoms with Crippen molar-refractivity contribution in [3.8, 4) is 0 Å². The highest BCUT2D eigenvalue weighted by molar-refractivity contribution is 5.72. The Labute approximate surface area is 58.2 Å². The number of rotatable bonds is 0. The molecule has 1 fully saturated rings. The third-order valence-corrected chi connectivity index (χ3v) is 1.79. The number of nitrogens with two attached hydrogens (primary N) is 1. The number of primary amides is 1. The second-order valence-electron chi connectivity index (χ2n) is 2.50.